The lowest BCUT2D eigenvalue weighted by atomic mass is 10.3. The molecule has 0 unspecified atom stereocenters. The molecule has 2 rings (SSSR count). The van der Waals surface area contributed by atoms with Gasteiger partial charge in [0.15, 0.2) is 6.61 Å². The van der Waals surface area contributed by atoms with Gasteiger partial charge in [-0.05, 0) is 0 Å². The average Bonchev–Trinajstić information content (AvgIpc) is 2.92. The summed E-state index contributed by atoms with van der Waals surface area (Å²) in [5, 5.41) is 7.55. The Morgan fingerprint density at radius 3 is 2.11 bits per heavy atom. The number of hydrogen-bond acceptors (Lipinski definition) is 7. The fourth-order valence-corrected chi connectivity index (χ4v) is 1.44. The molecule has 2 N–H and O–H groups in total. The second kappa shape index (κ2) is 6.05. The molecule has 19 heavy (non-hydrogen) atoms. The standard InChI is InChI=1S/C12H15N3O4/c1-16-8-3-9(17-2)5-10(4-8)18-7-12-15-14-11(6-13)19-12/h3-5H,6-7,13H2,1-2H3. The number of hydrogen-bond donors (Lipinski definition) is 1. The van der Waals surface area contributed by atoms with Crippen molar-refractivity contribution in [3.8, 4) is 17.2 Å². The summed E-state index contributed by atoms with van der Waals surface area (Å²) in [7, 11) is 3.15. The minimum Gasteiger partial charge on any atom is -0.496 e. The quantitative estimate of drug-likeness (QED) is 0.836. The van der Waals surface area contributed by atoms with Gasteiger partial charge in [-0.2, -0.15) is 0 Å². The predicted molar refractivity (Wildman–Crippen MR) is 66.1 cm³/mol. The fraction of sp³-hybridized carbons (Fsp3) is 0.333. The summed E-state index contributed by atoms with van der Waals surface area (Å²) in [6.45, 7) is 0.364. The maximum absolute atomic E-state index is 5.54. The first-order valence-corrected chi connectivity index (χ1v) is 5.62. The molecule has 0 saturated carbocycles. The molecule has 0 aliphatic carbocycles. The molecule has 0 aliphatic rings. The van der Waals surface area contributed by atoms with Crippen LogP contribution in [0.1, 0.15) is 11.8 Å². The molecular formula is C12H15N3O4. The van der Waals surface area contributed by atoms with Crippen LogP contribution in [0.5, 0.6) is 17.2 Å². The highest BCUT2D eigenvalue weighted by Crippen LogP contribution is 2.27. The monoisotopic (exact) mass is 265 g/mol. The minimum atomic E-state index is 0.156. The number of nitrogens with two attached hydrogens (primary N) is 1. The van der Waals surface area contributed by atoms with E-state index in [1.807, 2.05) is 0 Å². The van der Waals surface area contributed by atoms with E-state index in [0.29, 0.717) is 29.0 Å². The summed E-state index contributed by atoms with van der Waals surface area (Å²) in [5.41, 5.74) is 5.38. The third-order valence-electron chi connectivity index (χ3n) is 2.37. The Labute approximate surface area is 110 Å². The first-order valence-electron chi connectivity index (χ1n) is 5.62. The number of ether oxygens (including phenoxy) is 3. The SMILES string of the molecule is COc1cc(OC)cc(OCc2nnc(CN)o2)c1. The van der Waals surface area contributed by atoms with Crippen molar-refractivity contribution in [3.63, 3.8) is 0 Å². The van der Waals surface area contributed by atoms with Crippen molar-refractivity contribution in [3.05, 3.63) is 30.0 Å². The molecule has 0 aliphatic heterocycles. The van der Waals surface area contributed by atoms with E-state index >= 15 is 0 Å². The number of rotatable bonds is 6. The molecule has 0 amide bonds. The molecule has 1 aromatic heterocycles. The predicted octanol–water partition coefficient (Wildman–Crippen LogP) is 1.12. The number of methoxy groups -OCH3 is 2. The first-order chi connectivity index (χ1) is 9.25. The highest BCUT2D eigenvalue weighted by Gasteiger charge is 2.07. The van der Waals surface area contributed by atoms with Gasteiger partial charge in [-0.3, -0.25) is 0 Å². The Morgan fingerprint density at radius 1 is 1.00 bits per heavy atom. The zero-order valence-electron chi connectivity index (χ0n) is 10.8. The molecule has 0 fully saturated rings. The van der Waals surface area contributed by atoms with Gasteiger partial charge in [0.2, 0.25) is 5.89 Å². The van der Waals surface area contributed by atoms with Crippen LogP contribution in [0.2, 0.25) is 0 Å². The maximum atomic E-state index is 5.54. The zero-order valence-corrected chi connectivity index (χ0v) is 10.8. The van der Waals surface area contributed by atoms with E-state index in [-0.39, 0.29) is 13.2 Å². The Hall–Kier alpha value is -2.28. The Kier molecular flexibility index (Phi) is 4.19. The van der Waals surface area contributed by atoms with Crippen molar-refractivity contribution in [1.82, 2.24) is 10.2 Å². The van der Waals surface area contributed by atoms with Gasteiger partial charge in [-0.1, -0.05) is 0 Å². The van der Waals surface area contributed by atoms with Crippen LogP contribution in [0.25, 0.3) is 0 Å². The van der Waals surface area contributed by atoms with Crippen LogP contribution in [0.3, 0.4) is 0 Å². The second-order valence-corrected chi connectivity index (χ2v) is 3.63. The molecule has 0 spiro atoms. The third kappa shape index (κ3) is 3.35. The van der Waals surface area contributed by atoms with Crippen molar-refractivity contribution < 1.29 is 18.6 Å². The van der Waals surface area contributed by atoms with Crippen molar-refractivity contribution in [2.75, 3.05) is 14.2 Å². The summed E-state index contributed by atoms with van der Waals surface area (Å²) in [4.78, 5) is 0. The van der Waals surface area contributed by atoms with Gasteiger partial charge in [-0.25, -0.2) is 0 Å². The topological polar surface area (TPSA) is 92.6 Å². The fourth-order valence-electron chi connectivity index (χ4n) is 1.44. The van der Waals surface area contributed by atoms with Gasteiger partial charge in [0.05, 0.1) is 20.8 Å². The molecule has 7 heteroatoms. The van der Waals surface area contributed by atoms with Gasteiger partial charge in [-0.15, -0.1) is 10.2 Å². The lowest BCUT2D eigenvalue weighted by Crippen LogP contribution is -1.97. The van der Waals surface area contributed by atoms with Crippen molar-refractivity contribution >= 4 is 0 Å². The van der Waals surface area contributed by atoms with E-state index in [2.05, 4.69) is 10.2 Å². The molecule has 0 radical (unpaired) electrons. The smallest absolute Gasteiger partial charge is 0.253 e. The number of aromatic nitrogens is 2. The summed E-state index contributed by atoms with van der Waals surface area (Å²) < 4.78 is 21.1. The third-order valence-corrected chi connectivity index (χ3v) is 2.37. The van der Waals surface area contributed by atoms with E-state index in [1.54, 1.807) is 32.4 Å². The Balaban J connectivity index is 2.05. The van der Waals surface area contributed by atoms with Crippen molar-refractivity contribution in [2.45, 2.75) is 13.2 Å². The Bertz CT molecular complexity index is 519. The molecule has 102 valence electrons. The molecule has 0 bridgehead atoms. The van der Waals surface area contributed by atoms with E-state index in [9.17, 15) is 0 Å². The van der Waals surface area contributed by atoms with E-state index in [4.69, 9.17) is 24.4 Å². The largest absolute Gasteiger partial charge is 0.496 e. The molecule has 0 saturated heterocycles. The molecule has 1 heterocycles. The number of benzene rings is 1. The summed E-state index contributed by atoms with van der Waals surface area (Å²) in [6, 6.07) is 5.23. The van der Waals surface area contributed by atoms with Crippen LogP contribution in [0.15, 0.2) is 22.6 Å². The second-order valence-electron chi connectivity index (χ2n) is 3.63. The minimum absolute atomic E-state index is 0.156. The van der Waals surface area contributed by atoms with Gasteiger partial charge in [0, 0.05) is 18.2 Å². The molecule has 0 atom stereocenters. The molecule has 1 aromatic carbocycles. The molecular weight excluding hydrogens is 250 g/mol. The maximum Gasteiger partial charge on any atom is 0.253 e. The average molecular weight is 265 g/mol. The highest BCUT2D eigenvalue weighted by molar-refractivity contribution is 5.41. The van der Waals surface area contributed by atoms with Gasteiger partial charge < -0.3 is 24.4 Å². The van der Waals surface area contributed by atoms with Gasteiger partial charge in [0.25, 0.3) is 5.89 Å². The zero-order chi connectivity index (χ0) is 13.7. The molecule has 7 nitrogen and oxygen atoms in total. The Morgan fingerprint density at radius 2 is 1.58 bits per heavy atom. The van der Waals surface area contributed by atoms with Crippen LogP contribution < -0.4 is 19.9 Å². The van der Waals surface area contributed by atoms with Crippen LogP contribution in [-0.4, -0.2) is 24.4 Å². The number of nitrogens with zero attached hydrogens (tertiary/aromatic N) is 2. The summed E-state index contributed by atoms with van der Waals surface area (Å²) in [6.07, 6.45) is 0. The summed E-state index contributed by atoms with van der Waals surface area (Å²) >= 11 is 0. The normalized spacial score (nSPS) is 10.3. The van der Waals surface area contributed by atoms with Crippen molar-refractivity contribution in [2.24, 2.45) is 5.73 Å². The highest BCUT2D eigenvalue weighted by atomic mass is 16.5. The lowest BCUT2D eigenvalue weighted by molar-refractivity contribution is 0.256. The van der Waals surface area contributed by atoms with E-state index in [0.717, 1.165) is 0 Å². The van der Waals surface area contributed by atoms with Crippen LogP contribution in [0.4, 0.5) is 0 Å². The van der Waals surface area contributed by atoms with Crippen molar-refractivity contribution in [1.29, 1.82) is 0 Å². The van der Waals surface area contributed by atoms with Crippen LogP contribution in [0, 0.1) is 0 Å². The van der Waals surface area contributed by atoms with Crippen LogP contribution >= 0.6 is 0 Å². The van der Waals surface area contributed by atoms with Crippen LogP contribution in [-0.2, 0) is 13.2 Å². The van der Waals surface area contributed by atoms with E-state index < -0.39 is 0 Å². The van der Waals surface area contributed by atoms with Gasteiger partial charge >= 0.3 is 0 Å². The summed E-state index contributed by atoms with van der Waals surface area (Å²) in [5.74, 6) is 2.61. The van der Waals surface area contributed by atoms with Gasteiger partial charge in [0.1, 0.15) is 17.2 Å². The molecule has 2 aromatic rings. The lowest BCUT2D eigenvalue weighted by Gasteiger charge is -2.08. The van der Waals surface area contributed by atoms with E-state index in [1.165, 1.54) is 0 Å². The first kappa shape index (κ1) is 13.2.